The van der Waals surface area contributed by atoms with Crippen molar-refractivity contribution < 1.29 is 14.3 Å². The van der Waals surface area contributed by atoms with Crippen LogP contribution in [0.2, 0.25) is 5.02 Å². The number of carbonyl (C=O) groups excluding carboxylic acids is 2. The Kier molecular flexibility index (Phi) is 6.49. The lowest BCUT2D eigenvalue weighted by molar-refractivity contribution is -0.134. The number of anilines is 1. The second-order valence-electron chi connectivity index (χ2n) is 4.80. The van der Waals surface area contributed by atoms with Crippen LogP contribution in [0.3, 0.4) is 0 Å². The van der Waals surface area contributed by atoms with Crippen molar-refractivity contribution in [2.45, 2.75) is 33.2 Å². The van der Waals surface area contributed by atoms with Gasteiger partial charge >= 0.3 is 0 Å². The molecule has 0 aliphatic carbocycles. The van der Waals surface area contributed by atoms with Crippen molar-refractivity contribution in [3.63, 3.8) is 0 Å². The quantitative estimate of drug-likeness (QED) is 0.878. The molecule has 0 aliphatic rings. The number of halogens is 1. The van der Waals surface area contributed by atoms with E-state index >= 15 is 0 Å². The van der Waals surface area contributed by atoms with Crippen LogP contribution < -0.4 is 10.1 Å². The number of methoxy groups -OCH3 is 1. The van der Waals surface area contributed by atoms with Crippen LogP contribution in [0, 0.1) is 0 Å². The number of carbonyl (C=O) groups is 2. The molecule has 0 radical (unpaired) electrons. The fourth-order valence-corrected chi connectivity index (χ4v) is 2.09. The Morgan fingerprint density at radius 1 is 1.43 bits per heavy atom. The summed E-state index contributed by atoms with van der Waals surface area (Å²) in [6.07, 6.45) is 0.785. The van der Waals surface area contributed by atoms with Crippen molar-refractivity contribution in [1.82, 2.24) is 4.90 Å². The SMILES string of the molecule is CCC(C)N(CC(=O)Nc1cc(Cl)ccc1OC)C(C)=O. The molecule has 5 nitrogen and oxygen atoms in total. The topological polar surface area (TPSA) is 58.6 Å². The fourth-order valence-electron chi connectivity index (χ4n) is 1.92. The molecule has 0 saturated carbocycles. The molecule has 1 rings (SSSR count). The van der Waals surface area contributed by atoms with Crippen molar-refractivity contribution >= 4 is 29.1 Å². The first-order valence-corrected chi connectivity index (χ1v) is 7.17. The summed E-state index contributed by atoms with van der Waals surface area (Å²) in [5.74, 6) is 0.106. The maximum Gasteiger partial charge on any atom is 0.244 e. The van der Waals surface area contributed by atoms with Gasteiger partial charge in [0.2, 0.25) is 11.8 Å². The summed E-state index contributed by atoms with van der Waals surface area (Å²) in [5, 5.41) is 3.22. The van der Waals surface area contributed by atoms with Gasteiger partial charge in [0.15, 0.2) is 0 Å². The number of hydrogen-bond donors (Lipinski definition) is 1. The van der Waals surface area contributed by atoms with Gasteiger partial charge in [-0.3, -0.25) is 9.59 Å². The Labute approximate surface area is 130 Å². The maximum atomic E-state index is 12.1. The van der Waals surface area contributed by atoms with Gasteiger partial charge in [-0.15, -0.1) is 0 Å². The van der Waals surface area contributed by atoms with E-state index < -0.39 is 0 Å². The average Bonchev–Trinajstić information content (AvgIpc) is 2.44. The molecule has 1 aromatic carbocycles. The van der Waals surface area contributed by atoms with Crippen molar-refractivity contribution in [3.8, 4) is 5.75 Å². The summed E-state index contributed by atoms with van der Waals surface area (Å²) < 4.78 is 5.17. The minimum Gasteiger partial charge on any atom is -0.495 e. The normalized spacial score (nSPS) is 11.7. The van der Waals surface area contributed by atoms with Crippen LogP contribution in [0.5, 0.6) is 5.75 Å². The summed E-state index contributed by atoms with van der Waals surface area (Å²) in [6.45, 7) is 5.34. The Morgan fingerprint density at radius 3 is 2.62 bits per heavy atom. The van der Waals surface area contributed by atoms with Gasteiger partial charge in [0, 0.05) is 18.0 Å². The minimum absolute atomic E-state index is 0.00000756. The molecule has 0 aliphatic heterocycles. The summed E-state index contributed by atoms with van der Waals surface area (Å²) >= 11 is 5.91. The second-order valence-corrected chi connectivity index (χ2v) is 5.23. The van der Waals surface area contributed by atoms with Crippen molar-refractivity contribution in [2.24, 2.45) is 0 Å². The molecule has 116 valence electrons. The van der Waals surface area contributed by atoms with Crippen LogP contribution in [0.1, 0.15) is 27.2 Å². The molecule has 2 amide bonds. The number of hydrogen-bond acceptors (Lipinski definition) is 3. The lowest BCUT2D eigenvalue weighted by atomic mass is 10.2. The molecule has 21 heavy (non-hydrogen) atoms. The first kappa shape index (κ1) is 17.3. The van der Waals surface area contributed by atoms with E-state index in [0.29, 0.717) is 16.5 Å². The minimum atomic E-state index is -0.286. The first-order valence-electron chi connectivity index (χ1n) is 6.79. The van der Waals surface area contributed by atoms with E-state index in [-0.39, 0.29) is 24.4 Å². The van der Waals surface area contributed by atoms with E-state index in [2.05, 4.69) is 5.32 Å². The monoisotopic (exact) mass is 312 g/mol. The van der Waals surface area contributed by atoms with Gasteiger partial charge in [0.1, 0.15) is 12.3 Å². The van der Waals surface area contributed by atoms with Crippen LogP contribution in [0.4, 0.5) is 5.69 Å². The number of nitrogens with zero attached hydrogens (tertiary/aromatic N) is 1. The molecule has 1 atom stereocenters. The molecule has 1 unspecified atom stereocenters. The van der Waals surface area contributed by atoms with E-state index in [1.807, 2.05) is 13.8 Å². The molecule has 0 saturated heterocycles. The third kappa shape index (κ3) is 4.93. The summed E-state index contributed by atoms with van der Waals surface area (Å²) in [4.78, 5) is 25.3. The third-order valence-electron chi connectivity index (χ3n) is 3.28. The van der Waals surface area contributed by atoms with Gasteiger partial charge in [-0.05, 0) is 31.5 Å². The zero-order chi connectivity index (χ0) is 16.0. The van der Waals surface area contributed by atoms with E-state index in [9.17, 15) is 9.59 Å². The average molecular weight is 313 g/mol. The summed E-state index contributed by atoms with van der Waals surface area (Å²) in [7, 11) is 1.51. The highest BCUT2D eigenvalue weighted by Crippen LogP contribution is 2.27. The Balaban J connectivity index is 2.81. The van der Waals surface area contributed by atoms with E-state index in [0.717, 1.165) is 6.42 Å². The Bertz CT molecular complexity index is 520. The van der Waals surface area contributed by atoms with Gasteiger partial charge < -0.3 is 15.0 Å². The molecular weight excluding hydrogens is 292 g/mol. The zero-order valence-corrected chi connectivity index (χ0v) is 13.5. The van der Waals surface area contributed by atoms with E-state index in [4.69, 9.17) is 16.3 Å². The van der Waals surface area contributed by atoms with Gasteiger partial charge in [-0.25, -0.2) is 0 Å². The fraction of sp³-hybridized carbons (Fsp3) is 0.467. The predicted octanol–water partition coefficient (Wildman–Crippen LogP) is 2.93. The molecule has 0 bridgehead atoms. The molecular formula is C15H21ClN2O3. The number of ether oxygens (including phenoxy) is 1. The lowest BCUT2D eigenvalue weighted by Crippen LogP contribution is -2.42. The highest BCUT2D eigenvalue weighted by atomic mass is 35.5. The van der Waals surface area contributed by atoms with E-state index in [1.165, 1.54) is 18.9 Å². The van der Waals surface area contributed by atoms with Crippen LogP contribution in [0.25, 0.3) is 0 Å². The largest absolute Gasteiger partial charge is 0.495 e. The number of benzene rings is 1. The highest BCUT2D eigenvalue weighted by molar-refractivity contribution is 6.31. The molecule has 1 aromatic rings. The van der Waals surface area contributed by atoms with Crippen LogP contribution in [0.15, 0.2) is 18.2 Å². The molecule has 0 heterocycles. The lowest BCUT2D eigenvalue weighted by Gasteiger charge is -2.26. The maximum absolute atomic E-state index is 12.1. The molecule has 1 N–H and O–H groups in total. The van der Waals surface area contributed by atoms with E-state index in [1.54, 1.807) is 18.2 Å². The van der Waals surface area contributed by atoms with Crippen LogP contribution >= 0.6 is 11.6 Å². The Morgan fingerprint density at radius 2 is 2.10 bits per heavy atom. The second kappa shape index (κ2) is 7.88. The summed E-state index contributed by atoms with van der Waals surface area (Å²) in [5.41, 5.74) is 0.489. The van der Waals surface area contributed by atoms with Crippen LogP contribution in [-0.4, -0.2) is 36.4 Å². The molecule has 0 aromatic heterocycles. The van der Waals surface area contributed by atoms with Crippen molar-refractivity contribution in [2.75, 3.05) is 19.0 Å². The van der Waals surface area contributed by atoms with Crippen molar-refractivity contribution in [1.29, 1.82) is 0 Å². The number of nitrogens with one attached hydrogen (secondary N) is 1. The van der Waals surface area contributed by atoms with Gasteiger partial charge in [-0.1, -0.05) is 18.5 Å². The smallest absolute Gasteiger partial charge is 0.244 e. The Hall–Kier alpha value is -1.75. The predicted molar refractivity (Wildman–Crippen MR) is 83.8 cm³/mol. The van der Waals surface area contributed by atoms with Gasteiger partial charge in [0.05, 0.1) is 12.8 Å². The standard InChI is InChI=1S/C15H21ClN2O3/c1-5-10(2)18(11(3)19)9-15(20)17-13-8-12(16)6-7-14(13)21-4/h6-8,10H,5,9H2,1-4H3,(H,17,20). The van der Waals surface area contributed by atoms with Gasteiger partial charge in [-0.2, -0.15) is 0 Å². The highest BCUT2D eigenvalue weighted by Gasteiger charge is 2.19. The van der Waals surface area contributed by atoms with Crippen LogP contribution in [-0.2, 0) is 9.59 Å². The zero-order valence-electron chi connectivity index (χ0n) is 12.8. The van der Waals surface area contributed by atoms with Crippen molar-refractivity contribution in [3.05, 3.63) is 23.2 Å². The number of amides is 2. The number of rotatable bonds is 6. The first-order chi connectivity index (χ1) is 9.88. The third-order valence-corrected chi connectivity index (χ3v) is 3.51. The molecule has 6 heteroatoms. The summed E-state index contributed by atoms with van der Waals surface area (Å²) in [6, 6.07) is 4.97. The molecule has 0 spiro atoms. The van der Waals surface area contributed by atoms with Gasteiger partial charge in [0.25, 0.3) is 0 Å². The molecule has 0 fully saturated rings.